The number of halogens is 1. The molecule has 0 unspecified atom stereocenters. The van der Waals surface area contributed by atoms with Crippen LogP contribution < -0.4 is 20.7 Å². The van der Waals surface area contributed by atoms with E-state index in [4.69, 9.17) is 7.88 Å². The largest absolute Gasteiger partial charge is 0.364 e. The lowest BCUT2D eigenvalue weighted by molar-refractivity contribution is 0.234. The van der Waals surface area contributed by atoms with E-state index in [2.05, 4.69) is 25.3 Å². The van der Waals surface area contributed by atoms with Gasteiger partial charge in [-0.25, -0.2) is 23.9 Å². The van der Waals surface area contributed by atoms with E-state index in [-0.39, 0.29) is 53.8 Å². The van der Waals surface area contributed by atoms with Crippen LogP contribution in [0.25, 0.3) is 0 Å². The molecule has 2 aromatic rings. The van der Waals surface area contributed by atoms with Gasteiger partial charge in [-0.3, -0.25) is 10.7 Å². The molecule has 0 saturated carbocycles. The lowest BCUT2D eigenvalue weighted by Gasteiger charge is -2.06. The fraction of sp³-hybridized carbons (Fsp3) is 0.250. The van der Waals surface area contributed by atoms with Crippen LogP contribution in [-0.2, 0) is 10.2 Å². The summed E-state index contributed by atoms with van der Waals surface area (Å²) in [6.07, 6.45) is 0. The molecular weight excluding hydrogens is 357 g/mol. The average molecular weight is 375 g/mol. The van der Waals surface area contributed by atoms with Gasteiger partial charge in [-0.1, -0.05) is 0 Å². The summed E-state index contributed by atoms with van der Waals surface area (Å²) in [5.74, 6) is -1.06. The second-order valence-electron chi connectivity index (χ2n) is 4.63. The maximum absolute atomic E-state index is 13.6. The third-order valence-electron chi connectivity index (χ3n) is 2.76. The molecule has 0 aliphatic rings. The maximum atomic E-state index is 13.6. The summed E-state index contributed by atoms with van der Waals surface area (Å²) >= 11 is 0. The molecule has 0 spiro atoms. The zero-order valence-electron chi connectivity index (χ0n) is 14.9. The van der Waals surface area contributed by atoms with Crippen molar-refractivity contribution in [2.24, 2.45) is 10.1 Å². The van der Waals surface area contributed by atoms with Crippen LogP contribution in [0.1, 0.15) is 14.0 Å². The summed E-state index contributed by atoms with van der Waals surface area (Å²) < 4.78 is 57.4. The van der Waals surface area contributed by atoms with Crippen LogP contribution in [-0.4, -0.2) is 42.9 Å². The van der Waals surface area contributed by atoms with E-state index in [9.17, 15) is 18.0 Å². The minimum atomic E-state index is -3.85. The second kappa shape index (κ2) is 7.98. The Hall–Kier alpha value is -2.61. The number of hydrogen-bond donors (Lipinski definition) is 5. The SMILES string of the molecule is [2H]c1cc(F)c(C)c([2H])c1N=C(NO)c1nonc1NCCNS(N)(=O)=O. The molecule has 2 rings (SSSR count). The molecule has 0 aliphatic carbocycles. The lowest BCUT2D eigenvalue weighted by Crippen LogP contribution is -2.34. The predicted octanol–water partition coefficient (Wildman–Crippen LogP) is -0.221. The van der Waals surface area contributed by atoms with Crippen LogP contribution in [0, 0.1) is 12.7 Å². The molecule has 11 nitrogen and oxygen atoms in total. The molecule has 0 bridgehead atoms. The summed E-state index contributed by atoms with van der Waals surface area (Å²) in [6.45, 7) is 1.32. The molecule has 0 saturated heterocycles. The van der Waals surface area contributed by atoms with Crippen LogP contribution in [0.3, 0.4) is 0 Å². The van der Waals surface area contributed by atoms with Gasteiger partial charge in [0.15, 0.2) is 11.5 Å². The van der Waals surface area contributed by atoms with Crippen LogP contribution >= 0.6 is 0 Å². The van der Waals surface area contributed by atoms with E-state index >= 15 is 0 Å². The zero-order valence-corrected chi connectivity index (χ0v) is 13.7. The van der Waals surface area contributed by atoms with Gasteiger partial charge in [0.1, 0.15) is 5.82 Å². The quantitative estimate of drug-likeness (QED) is 0.191. The molecule has 0 radical (unpaired) electrons. The van der Waals surface area contributed by atoms with Crippen molar-refractivity contribution in [2.45, 2.75) is 6.92 Å². The lowest BCUT2D eigenvalue weighted by atomic mass is 10.2. The van der Waals surface area contributed by atoms with E-state index in [1.54, 1.807) is 5.48 Å². The molecule has 0 aliphatic heterocycles. The fourth-order valence-corrected chi connectivity index (χ4v) is 2.04. The van der Waals surface area contributed by atoms with Crippen LogP contribution in [0.2, 0.25) is 0 Å². The number of anilines is 1. The minimum absolute atomic E-state index is 0.0107. The number of amidine groups is 1. The van der Waals surface area contributed by atoms with Gasteiger partial charge in [0, 0.05) is 13.1 Å². The highest BCUT2D eigenvalue weighted by molar-refractivity contribution is 7.87. The van der Waals surface area contributed by atoms with Crippen LogP contribution in [0.4, 0.5) is 15.9 Å². The van der Waals surface area contributed by atoms with Gasteiger partial charge < -0.3 is 5.32 Å². The van der Waals surface area contributed by atoms with E-state index in [1.165, 1.54) is 6.92 Å². The molecule has 13 heteroatoms. The number of aliphatic imine (C=N–C) groups is 1. The van der Waals surface area contributed by atoms with Gasteiger partial charge in [0.05, 0.1) is 8.43 Å². The number of nitrogens with two attached hydrogens (primary N) is 1. The molecular formula is C12H16FN7O4S. The van der Waals surface area contributed by atoms with E-state index in [0.717, 1.165) is 6.07 Å². The smallest absolute Gasteiger partial charge is 0.274 e. The van der Waals surface area contributed by atoms with Gasteiger partial charge in [-0.2, -0.15) is 8.42 Å². The van der Waals surface area contributed by atoms with E-state index in [0.29, 0.717) is 0 Å². The molecule has 1 aromatic carbocycles. The second-order valence-corrected chi connectivity index (χ2v) is 6.01. The Morgan fingerprint density at radius 2 is 2.28 bits per heavy atom. The molecule has 136 valence electrons. The highest BCUT2D eigenvalue weighted by atomic mass is 32.2. The van der Waals surface area contributed by atoms with Gasteiger partial charge in [-0.15, -0.1) is 0 Å². The first-order valence-electron chi connectivity index (χ1n) is 7.73. The van der Waals surface area contributed by atoms with Gasteiger partial charge in [0.25, 0.3) is 10.2 Å². The van der Waals surface area contributed by atoms with Gasteiger partial charge >= 0.3 is 0 Å². The number of hydroxylamine groups is 1. The third kappa shape index (κ3) is 5.46. The summed E-state index contributed by atoms with van der Waals surface area (Å²) in [7, 11) is -3.85. The topological polar surface area (TPSA) is 168 Å². The number of hydrogen-bond acceptors (Lipinski definition) is 8. The van der Waals surface area contributed by atoms with Crippen molar-refractivity contribution in [2.75, 3.05) is 18.4 Å². The van der Waals surface area contributed by atoms with Crippen molar-refractivity contribution >= 4 is 27.6 Å². The number of benzene rings is 1. The maximum Gasteiger partial charge on any atom is 0.274 e. The van der Waals surface area contributed by atoms with Gasteiger partial charge in [-0.05, 0) is 41.0 Å². The Morgan fingerprint density at radius 1 is 1.52 bits per heavy atom. The first kappa shape index (κ1) is 15.9. The third-order valence-corrected chi connectivity index (χ3v) is 3.37. The Morgan fingerprint density at radius 3 is 2.96 bits per heavy atom. The number of nitrogens with zero attached hydrogens (tertiary/aromatic N) is 3. The number of aromatic nitrogens is 2. The van der Waals surface area contributed by atoms with Crippen molar-refractivity contribution in [3.63, 3.8) is 0 Å². The molecule has 0 amide bonds. The van der Waals surface area contributed by atoms with E-state index in [1.807, 2.05) is 4.72 Å². The fourth-order valence-electron chi connectivity index (χ4n) is 1.65. The van der Waals surface area contributed by atoms with Gasteiger partial charge in [0.2, 0.25) is 5.82 Å². The number of nitrogens with one attached hydrogen (secondary N) is 3. The summed E-state index contributed by atoms with van der Waals surface area (Å²) in [6, 6.07) is 0.176. The highest BCUT2D eigenvalue weighted by Gasteiger charge is 2.16. The van der Waals surface area contributed by atoms with E-state index < -0.39 is 16.0 Å². The Labute approximate surface area is 145 Å². The van der Waals surface area contributed by atoms with Crippen LogP contribution in [0.15, 0.2) is 27.8 Å². The van der Waals surface area contributed by atoms with Crippen molar-refractivity contribution in [3.05, 3.63) is 35.2 Å². The summed E-state index contributed by atoms with van der Waals surface area (Å²) in [5, 5.41) is 23.9. The average Bonchev–Trinajstić information content (AvgIpc) is 3.04. The van der Waals surface area contributed by atoms with Crippen molar-refractivity contribution in [3.8, 4) is 0 Å². The Kier molecular flexibility index (Phi) is 5.07. The first-order valence-corrected chi connectivity index (χ1v) is 8.28. The Bertz CT molecular complexity index is 967. The van der Waals surface area contributed by atoms with Crippen molar-refractivity contribution < 1.29 is 25.4 Å². The first-order chi connectivity index (χ1) is 12.6. The molecule has 6 N–H and O–H groups in total. The summed E-state index contributed by atoms with van der Waals surface area (Å²) in [4.78, 5) is 3.93. The molecule has 25 heavy (non-hydrogen) atoms. The molecule has 0 fully saturated rings. The standard InChI is InChI=1S/C12H16FN7O4S/c1-7-6-8(2-3-9(7)13)17-12(18-21)10-11(20-24-19-10)15-4-5-16-25(14,22)23/h2-3,6,16,21H,4-5H2,1H3,(H,15,20)(H,17,18)(H2,14,22,23)/i2D,6D. The molecule has 1 heterocycles. The highest BCUT2D eigenvalue weighted by Crippen LogP contribution is 2.19. The van der Waals surface area contributed by atoms with Crippen LogP contribution in [0.5, 0.6) is 0 Å². The molecule has 1 aromatic heterocycles. The number of rotatable bonds is 7. The normalized spacial score (nSPS) is 13.4. The Balaban J connectivity index is 2.28. The minimum Gasteiger partial charge on any atom is -0.364 e. The zero-order chi connectivity index (χ0) is 20.2. The van der Waals surface area contributed by atoms with Crippen molar-refractivity contribution in [1.29, 1.82) is 0 Å². The summed E-state index contributed by atoms with van der Waals surface area (Å²) in [5.41, 5.74) is 1.40. The predicted molar refractivity (Wildman–Crippen MR) is 86.2 cm³/mol. The monoisotopic (exact) mass is 375 g/mol. The van der Waals surface area contributed by atoms with Crippen molar-refractivity contribution in [1.82, 2.24) is 20.5 Å². The molecule has 0 atom stereocenters.